The van der Waals surface area contributed by atoms with Gasteiger partial charge in [-0.05, 0) is 42.8 Å². The van der Waals surface area contributed by atoms with Crippen molar-refractivity contribution in [1.82, 2.24) is 10.3 Å². The first-order valence-corrected chi connectivity index (χ1v) is 11.0. The van der Waals surface area contributed by atoms with E-state index >= 15 is 0 Å². The molecule has 0 amide bonds. The minimum atomic E-state index is 0.248. The molecule has 8 heteroatoms. The van der Waals surface area contributed by atoms with Gasteiger partial charge in [-0.25, -0.2) is 4.98 Å². The third-order valence-electron chi connectivity index (χ3n) is 4.25. The molecular weight excluding hydrogens is 459 g/mol. The van der Waals surface area contributed by atoms with E-state index in [9.17, 15) is 0 Å². The van der Waals surface area contributed by atoms with Crippen molar-refractivity contribution >= 4 is 34.8 Å². The molecule has 0 aliphatic rings. The summed E-state index contributed by atoms with van der Waals surface area (Å²) >= 11 is 18.7. The van der Waals surface area contributed by atoms with Crippen LogP contribution in [0.3, 0.4) is 0 Å². The van der Waals surface area contributed by atoms with Crippen molar-refractivity contribution in [3.8, 4) is 17.4 Å². The SMILES string of the molecule is CCOc1cc(CNCCOc2ccccn2)cc(Cl)c1OCc1ccc(Cl)cc1Cl. The highest BCUT2D eigenvalue weighted by Crippen LogP contribution is 2.37. The zero-order valence-electron chi connectivity index (χ0n) is 17.0. The Morgan fingerprint density at radius 3 is 2.55 bits per heavy atom. The van der Waals surface area contributed by atoms with Gasteiger partial charge >= 0.3 is 0 Å². The van der Waals surface area contributed by atoms with Gasteiger partial charge in [0.05, 0.1) is 11.6 Å². The van der Waals surface area contributed by atoms with Crippen molar-refractivity contribution in [2.24, 2.45) is 0 Å². The van der Waals surface area contributed by atoms with Gasteiger partial charge in [-0.1, -0.05) is 46.9 Å². The average Bonchev–Trinajstić information content (AvgIpc) is 2.75. The number of hydrogen-bond acceptors (Lipinski definition) is 5. The number of nitrogens with one attached hydrogen (secondary N) is 1. The Bertz CT molecular complexity index is 987. The maximum Gasteiger partial charge on any atom is 0.213 e. The quantitative estimate of drug-likeness (QED) is 0.331. The number of ether oxygens (including phenoxy) is 3. The Morgan fingerprint density at radius 1 is 0.935 bits per heavy atom. The van der Waals surface area contributed by atoms with Gasteiger partial charge in [0.2, 0.25) is 5.88 Å². The lowest BCUT2D eigenvalue weighted by Crippen LogP contribution is -2.20. The Kier molecular flexibility index (Phi) is 9.10. The van der Waals surface area contributed by atoms with Crippen molar-refractivity contribution in [3.63, 3.8) is 0 Å². The molecular formula is C23H23Cl3N2O3. The molecule has 3 aromatic rings. The van der Waals surface area contributed by atoms with Gasteiger partial charge in [0.15, 0.2) is 11.5 Å². The van der Waals surface area contributed by atoms with Crippen LogP contribution in [0.2, 0.25) is 15.1 Å². The lowest BCUT2D eigenvalue weighted by atomic mass is 10.2. The Balaban J connectivity index is 1.58. The fourth-order valence-corrected chi connectivity index (χ4v) is 3.56. The fraction of sp³-hybridized carbons (Fsp3) is 0.261. The number of rotatable bonds is 11. The third-order valence-corrected chi connectivity index (χ3v) is 5.12. The summed E-state index contributed by atoms with van der Waals surface area (Å²) in [7, 11) is 0. The Morgan fingerprint density at radius 2 is 1.81 bits per heavy atom. The number of benzene rings is 2. The third kappa shape index (κ3) is 7.18. The van der Waals surface area contributed by atoms with E-state index in [1.165, 1.54) is 0 Å². The monoisotopic (exact) mass is 480 g/mol. The van der Waals surface area contributed by atoms with Crippen molar-refractivity contribution in [3.05, 3.63) is 80.9 Å². The van der Waals surface area contributed by atoms with Gasteiger partial charge in [0, 0.05) is 41.0 Å². The summed E-state index contributed by atoms with van der Waals surface area (Å²) in [6.07, 6.45) is 1.70. The molecule has 2 aromatic carbocycles. The van der Waals surface area contributed by atoms with Crippen LogP contribution in [-0.4, -0.2) is 24.7 Å². The van der Waals surface area contributed by atoms with Crippen molar-refractivity contribution < 1.29 is 14.2 Å². The van der Waals surface area contributed by atoms with Crippen LogP contribution in [-0.2, 0) is 13.2 Å². The molecule has 0 aliphatic carbocycles. The summed E-state index contributed by atoms with van der Waals surface area (Å²) < 4.78 is 17.3. The Hall–Kier alpha value is -2.18. The highest BCUT2D eigenvalue weighted by molar-refractivity contribution is 6.35. The number of pyridine rings is 1. The molecule has 0 bridgehead atoms. The molecule has 164 valence electrons. The molecule has 0 unspecified atom stereocenters. The normalized spacial score (nSPS) is 10.7. The fourth-order valence-electron chi connectivity index (χ4n) is 2.81. The van der Waals surface area contributed by atoms with Crippen molar-refractivity contribution in [2.45, 2.75) is 20.1 Å². The molecule has 0 fully saturated rings. The van der Waals surface area contributed by atoms with E-state index in [1.54, 1.807) is 18.3 Å². The van der Waals surface area contributed by atoms with Crippen LogP contribution in [0.4, 0.5) is 0 Å². The van der Waals surface area contributed by atoms with E-state index in [-0.39, 0.29) is 6.61 Å². The van der Waals surface area contributed by atoms with Crippen LogP contribution < -0.4 is 19.5 Å². The zero-order chi connectivity index (χ0) is 22.1. The van der Waals surface area contributed by atoms with E-state index in [0.717, 1.165) is 11.1 Å². The predicted molar refractivity (Wildman–Crippen MR) is 125 cm³/mol. The first kappa shape index (κ1) is 23.5. The van der Waals surface area contributed by atoms with Crippen LogP contribution in [0.1, 0.15) is 18.1 Å². The number of halogens is 3. The summed E-state index contributed by atoms with van der Waals surface area (Å²) in [5.41, 5.74) is 1.78. The maximum absolute atomic E-state index is 6.50. The lowest BCUT2D eigenvalue weighted by Gasteiger charge is -2.16. The summed E-state index contributed by atoms with van der Waals surface area (Å²) in [4.78, 5) is 4.12. The van der Waals surface area contributed by atoms with E-state index < -0.39 is 0 Å². The van der Waals surface area contributed by atoms with Gasteiger partial charge in [-0.15, -0.1) is 0 Å². The van der Waals surface area contributed by atoms with Crippen molar-refractivity contribution in [1.29, 1.82) is 0 Å². The molecule has 31 heavy (non-hydrogen) atoms. The van der Waals surface area contributed by atoms with Crippen LogP contribution in [0.15, 0.2) is 54.7 Å². The van der Waals surface area contributed by atoms with Gasteiger partial charge in [0.1, 0.15) is 13.2 Å². The molecule has 3 rings (SSSR count). The van der Waals surface area contributed by atoms with E-state index in [4.69, 9.17) is 49.0 Å². The maximum atomic E-state index is 6.50. The van der Waals surface area contributed by atoms with E-state index in [2.05, 4.69) is 10.3 Å². The number of aromatic nitrogens is 1. The average molecular weight is 482 g/mol. The Labute approximate surface area is 197 Å². The van der Waals surface area contributed by atoms with Crippen LogP contribution in [0, 0.1) is 0 Å². The topological polar surface area (TPSA) is 52.6 Å². The highest BCUT2D eigenvalue weighted by atomic mass is 35.5. The van der Waals surface area contributed by atoms with Gasteiger partial charge in [0.25, 0.3) is 0 Å². The molecule has 1 aromatic heterocycles. The second kappa shape index (κ2) is 12.0. The minimum Gasteiger partial charge on any atom is -0.490 e. The van der Waals surface area contributed by atoms with Crippen LogP contribution >= 0.6 is 34.8 Å². The summed E-state index contributed by atoms with van der Waals surface area (Å²) in [5, 5.41) is 4.90. The first-order valence-electron chi connectivity index (χ1n) is 9.83. The zero-order valence-corrected chi connectivity index (χ0v) is 19.3. The highest BCUT2D eigenvalue weighted by Gasteiger charge is 2.14. The molecule has 0 spiro atoms. The summed E-state index contributed by atoms with van der Waals surface area (Å²) in [5.74, 6) is 1.67. The molecule has 1 heterocycles. The van der Waals surface area contributed by atoms with Crippen LogP contribution in [0.5, 0.6) is 17.4 Å². The molecule has 0 radical (unpaired) electrons. The summed E-state index contributed by atoms with van der Waals surface area (Å²) in [6, 6.07) is 14.6. The molecule has 0 saturated heterocycles. The largest absolute Gasteiger partial charge is 0.490 e. The molecule has 0 aliphatic heterocycles. The second-order valence-corrected chi connectivity index (χ2v) is 7.81. The van der Waals surface area contributed by atoms with Crippen LogP contribution in [0.25, 0.3) is 0 Å². The number of nitrogens with zero attached hydrogens (tertiary/aromatic N) is 1. The molecule has 0 atom stereocenters. The predicted octanol–water partition coefficient (Wildman–Crippen LogP) is 6.19. The molecule has 5 nitrogen and oxygen atoms in total. The van der Waals surface area contributed by atoms with Gasteiger partial charge in [-0.3, -0.25) is 0 Å². The molecule has 0 saturated carbocycles. The lowest BCUT2D eigenvalue weighted by molar-refractivity contribution is 0.269. The summed E-state index contributed by atoms with van der Waals surface area (Å²) in [6.45, 7) is 4.42. The second-order valence-electron chi connectivity index (χ2n) is 6.56. The standard InChI is InChI=1S/C23H23Cl3N2O3/c1-2-29-21-12-16(14-27-9-10-30-22-5-3-4-8-28-22)11-20(26)23(21)31-15-17-6-7-18(24)13-19(17)25/h3-8,11-13,27H,2,9-10,14-15H2,1H3. The van der Waals surface area contributed by atoms with Gasteiger partial charge < -0.3 is 19.5 Å². The van der Waals surface area contributed by atoms with Gasteiger partial charge in [-0.2, -0.15) is 0 Å². The number of hydrogen-bond donors (Lipinski definition) is 1. The van der Waals surface area contributed by atoms with E-state index in [1.807, 2.05) is 43.3 Å². The minimum absolute atomic E-state index is 0.248. The van der Waals surface area contributed by atoms with Crippen molar-refractivity contribution in [2.75, 3.05) is 19.8 Å². The smallest absolute Gasteiger partial charge is 0.213 e. The first-order chi connectivity index (χ1) is 15.1. The van der Waals surface area contributed by atoms with E-state index in [0.29, 0.717) is 58.8 Å². The molecule has 1 N–H and O–H groups in total.